The van der Waals surface area contributed by atoms with E-state index < -0.39 is 0 Å². The van der Waals surface area contributed by atoms with Gasteiger partial charge in [-0.25, -0.2) is 9.37 Å². The van der Waals surface area contributed by atoms with Gasteiger partial charge in [-0.3, -0.25) is 0 Å². The fourth-order valence-electron chi connectivity index (χ4n) is 1.49. The molecule has 1 atom stereocenters. The van der Waals surface area contributed by atoms with Gasteiger partial charge in [0.2, 0.25) is 0 Å². The summed E-state index contributed by atoms with van der Waals surface area (Å²) in [6.45, 7) is 3.50. The molecule has 1 N–H and O–H groups in total. The van der Waals surface area contributed by atoms with Crippen LogP contribution in [0.5, 0.6) is 5.88 Å². The molecule has 3 nitrogen and oxygen atoms in total. The summed E-state index contributed by atoms with van der Waals surface area (Å²) in [5.41, 5.74) is 0.805. The number of pyridine rings is 1. The molecule has 1 fully saturated rings. The third-order valence-corrected chi connectivity index (χ3v) is 2.24. The minimum absolute atomic E-state index is 0.0553. The van der Waals surface area contributed by atoms with Gasteiger partial charge in [0.1, 0.15) is 6.10 Å². The number of ether oxygens (including phenoxy) is 1. The fourth-order valence-corrected chi connectivity index (χ4v) is 1.49. The lowest BCUT2D eigenvalue weighted by Crippen LogP contribution is -2.20. The monoisotopic (exact) mass is 196 g/mol. The van der Waals surface area contributed by atoms with Crippen molar-refractivity contribution in [1.82, 2.24) is 10.3 Å². The molecule has 2 heterocycles. The predicted octanol–water partition coefficient (Wildman–Crippen LogP) is 1.27. The van der Waals surface area contributed by atoms with E-state index in [2.05, 4.69) is 10.3 Å². The highest BCUT2D eigenvalue weighted by atomic mass is 19.1. The van der Waals surface area contributed by atoms with Crippen LogP contribution in [0.25, 0.3) is 0 Å². The summed E-state index contributed by atoms with van der Waals surface area (Å²) in [5, 5.41) is 3.15. The van der Waals surface area contributed by atoms with E-state index in [1.165, 1.54) is 6.07 Å². The Morgan fingerprint density at radius 3 is 3.14 bits per heavy atom. The van der Waals surface area contributed by atoms with Crippen LogP contribution >= 0.6 is 0 Å². The molecule has 1 aromatic rings. The molecule has 2 rings (SSSR count). The molecule has 0 bridgehead atoms. The number of hydrogen-bond donors (Lipinski definition) is 1. The van der Waals surface area contributed by atoms with Gasteiger partial charge in [0.15, 0.2) is 5.82 Å². The summed E-state index contributed by atoms with van der Waals surface area (Å²) in [4.78, 5) is 3.92. The predicted molar refractivity (Wildman–Crippen MR) is 50.8 cm³/mol. The zero-order valence-electron chi connectivity index (χ0n) is 8.09. The highest BCUT2D eigenvalue weighted by Crippen LogP contribution is 2.17. The van der Waals surface area contributed by atoms with Crippen LogP contribution in [0.15, 0.2) is 12.3 Å². The number of nitrogens with one attached hydrogen (secondary N) is 1. The van der Waals surface area contributed by atoms with Gasteiger partial charge in [-0.15, -0.1) is 0 Å². The Morgan fingerprint density at radius 2 is 2.50 bits per heavy atom. The highest BCUT2D eigenvalue weighted by molar-refractivity contribution is 5.19. The average Bonchev–Trinajstić information content (AvgIpc) is 2.62. The van der Waals surface area contributed by atoms with Crippen LogP contribution in [0.1, 0.15) is 12.0 Å². The van der Waals surface area contributed by atoms with E-state index in [0.29, 0.717) is 0 Å². The number of nitrogens with zero attached hydrogens (tertiary/aromatic N) is 1. The zero-order chi connectivity index (χ0) is 9.97. The molecule has 1 unspecified atom stereocenters. The fraction of sp³-hybridized carbons (Fsp3) is 0.500. The van der Waals surface area contributed by atoms with Crippen molar-refractivity contribution in [2.45, 2.75) is 19.4 Å². The molecule has 0 aromatic carbocycles. The van der Waals surface area contributed by atoms with Crippen LogP contribution in [-0.2, 0) is 0 Å². The third kappa shape index (κ3) is 2.01. The molecule has 0 aliphatic carbocycles. The van der Waals surface area contributed by atoms with Crippen LogP contribution in [0, 0.1) is 12.7 Å². The second-order valence-corrected chi connectivity index (χ2v) is 3.53. The Kier molecular flexibility index (Phi) is 2.63. The summed E-state index contributed by atoms with van der Waals surface area (Å²) in [5.74, 6) is -0.263. The lowest BCUT2D eigenvalue weighted by Gasteiger charge is -2.11. The summed E-state index contributed by atoms with van der Waals surface area (Å²) in [6, 6.07) is 1.44. The average molecular weight is 196 g/mol. The van der Waals surface area contributed by atoms with Crippen molar-refractivity contribution in [3.8, 4) is 5.88 Å². The number of aromatic nitrogens is 1. The quantitative estimate of drug-likeness (QED) is 0.773. The van der Waals surface area contributed by atoms with E-state index in [-0.39, 0.29) is 17.8 Å². The zero-order valence-corrected chi connectivity index (χ0v) is 8.09. The van der Waals surface area contributed by atoms with E-state index in [0.717, 1.165) is 25.1 Å². The number of hydrogen-bond acceptors (Lipinski definition) is 3. The van der Waals surface area contributed by atoms with Crippen LogP contribution in [0.4, 0.5) is 4.39 Å². The summed E-state index contributed by atoms with van der Waals surface area (Å²) < 4.78 is 18.7. The van der Waals surface area contributed by atoms with Gasteiger partial charge in [0.25, 0.3) is 5.88 Å². The Balaban J connectivity index is 2.08. The topological polar surface area (TPSA) is 34.1 Å². The SMILES string of the molecule is Cc1cnc(OC2CCNC2)c(F)c1. The molecule has 1 aliphatic rings. The van der Waals surface area contributed by atoms with Crippen LogP contribution in [-0.4, -0.2) is 24.2 Å². The molecule has 0 saturated carbocycles. The first kappa shape index (κ1) is 9.40. The van der Waals surface area contributed by atoms with Crippen molar-refractivity contribution in [2.24, 2.45) is 0 Å². The van der Waals surface area contributed by atoms with E-state index >= 15 is 0 Å². The Hall–Kier alpha value is -1.16. The second kappa shape index (κ2) is 3.92. The summed E-state index contributed by atoms with van der Waals surface area (Å²) in [7, 11) is 0. The molecule has 0 amide bonds. The largest absolute Gasteiger partial charge is 0.471 e. The highest BCUT2D eigenvalue weighted by Gasteiger charge is 2.18. The van der Waals surface area contributed by atoms with Gasteiger partial charge < -0.3 is 10.1 Å². The molecular weight excluding hydrogens is 183 g/mol. The van der Waals surface area contributed by atoms with Gasteiger partial charge in [-0.05, 0) is 31.5 Å². The first-order valence-corrected chi connectivity index (χ1v) is 4.75. The molecule has 1 saturated heterocycles. The van der Waals surface area contributed by atoms with E-state index in [9.17, 15) is 4.39 Å². The first-order chi connectivity index (χ1) is 6.75. The lowest BCUT2D eigenvalue weighted by molar-refractivity contribution is 0.203. The van der Waals surface area contributed by atoms with Crippen molar-refractivity contribution in [3.63, 3.8) is 0 Å². The number of halogens is 1. The lowest BCUT2D eigenvalue weighted by atomic mass is 10.3. The normalized spacial score (nSPS) is 21.1. The maximum atomic E-state index is 13.3. The third-order valence-electron chi connectivity index (χ3n) is 2.24. The van der Waals surface area contributed by atoms with Gasteiger partial charge in [0.05, 0.1) is 0 Å². The molecule has 0 spiro atoms. The number of aryl methyl sites for hydroxylation is 1. The molecule has 76 valence electrons. The minimum Gasteiger partial charge on any atom is -0.471 e. The van der Waals surface area contributed by atoms with Crippen LogP contribution in [0.2, 0.25) is 0 Å². The van der Waals surface area contributed by atoms with E-state index in [1.807, 2.05) is 0 Å². The second-order valence-electron chi connectivity index (χ2n) is 3.53. The Bertz CT molecular complexity index is 324. The van der Waals surface area contributed by atoms with Crippen molar-refractivity contribution in [1.29, 1.82) is 0 Å². The maximum Gasteiger partial charge on any atom is 0.250 e. The molecule has 1 aliphatic heterocycles. The molecule has 1 aromatic heterocycles. The molecule has 4 heteroatoms. The van der Waals surface area contributed by atoms with Crippen LogP contribution < -0.4 is 10.1 Å². The van der Waals surface area contributed by atoms with Gasteiger partial charge in [0, 0.05) is 12.7 Å². The Morgan fingerprint density at radius 1 is 1.64 bits per heavy atom. The van der Waals surface area contributed by atoms with E-state index in [1.54, 1.807) is 13.1 Å². The van der Waals surface area contributed by atoms with E-state index in [4.69, 9.17) is 4.74 Å². The molecule has 0 radical (unpaired) electrons. The van der Waals surface area contributed by atoms with Gasteiger partial charge in [-0.2, -0.15) is 0 Å². The van der Waals surface area contributed by atoms with Gasteiger partial charge in [-0.1, -0.05) is 0 Å². The standard InChI is InChI=1S/C10H13FN2O/c1-7-4-9(11)10(13-5-7)14-8-2-3-12-6-8/h4-5,8,12H,2-3,6H2,1H3. The summed E-state index contributed by atoms with van der Waals surface area (Å²) in [6.07, 6.45) is 2.58. The van der Waals surface area contributed by atoms with Crippen molar-refractivity contribution < 1.29 is 9.13 Å². The smallest absolute Gasteiger partial charge is 0.250 e. The maximum absolute atomic E-state index is 13.3. The van der Waals surface area contributed by atoms with Crippen LogP contribution in [0.3, 0.4) is 0 Å². The van der Waals surface area contributed by atoms with Crippen molar-refractivity contribution in [3.05, 3.63) is 23.6 Å². The van der Waals surface area contributed by atoms with Crippen molar-refractivity contribution >= 4 is 0 Å². The number of rotatable bonds is 2. The Labute approximate surface area is 82.3 Å². The summed E-state index contributed by atoms with van der Waals surface area (Å²) >= 11 is 0. The van der Waals surface area contributed by atoms with Gasteiger partial charge >= 0.3 is 0 Å². The molecular formula is C10H13FN2O. The first-order valence-electron chi connectivity index (χ1n) is 4.75. The molecule has 14 heavy (non-hydrogen) atoms. The van der Waals surface area contributed by atoms with Crippen molar-refractivity contribution in [2.75, 3.05) is 13.1 Å². The minimum atomic E-state index is -0.378.